The van der Waals surface area contributed by atoms with E-state index in [-0.39, 0.29) is 0 Å². The van der Waals surface area contributed by atoms with Gasteiger partial charge in [0.05, 0.1) is 17.4 Å². The van der Waals surface area contributed by atoms with Crippen LogP contribution < -0.4 is 10.8 Å². The maximum atomic E-state index is 11.9. The van der Waals surface area contributed by atoms with Crippen LogP contribution in [-0.2, 0) is 22.2 Å². The van der Waals surface area contributed by atoms with E-state index < -0.39 is 16.8 Å². The van der Waals surface area contributed by atoms with Gasteiger partial charge in [-0.1, -0.05) is 48.5 Å². The first-order valence-electron chi connectivity index (χ1n) is 6.88. The number of nitrogens with one attached hydrogen (secondary N) is 2. The molecule has 0 aliphatic heterocycles. The molecule has 0 unspecified atom stereocenters. The highest BCUT2D eigenvalue weighted by Gasteiger charge is 2.04. The molecule has 0 bridgehead atoms. The Hall–Kier alpha value is -2.18. The maximum Gasteiger partial charge on any atom is 0.338 e. The van der Waals surface area contributed by atoms with Gasteiger partial charge in [-0.05, 0) is 17.7 Å². The van der Waals surface area contributed by atoms with E-state index in [1.54, 1.807) is 12.1 Å². The Morgan fingerprint density at radius 3 is 2.32 bits per heavy atom. The molecule has 0 aromatic heterocycles. The molecule has 6 heteroatoms. The summed E-state index contributed by atoms with van der Waals surface area (Å²) in [5, 5.41) is 2.60. The number of hydroxylamine groups is 1. The van der Waals surface area contributed by atoms with Crippen molar-refractivity contribution in [2.24, 2.45) is 0 Å². The van der Waals surface area contributed by atoms with Gasteiger partial charge in [-0.25, -0.2) is 10.3 Å². The molecule has 5 nitrogen and oxygen atoms in total. The zero-order valence-corrected chi connectivity index (χ0v) is 12.8. The molecule has 0 radical (unpaired) electrons. The zero-order chi connectivity index (χ0) is 15.6. The summed E-state index contributed by atoms with van der Waals surface area (Å²) in [6.45, 7) is 0.603. The van der Waals surface area contributed by atoms with E-state index in [1.807, 2.05) is 48.5 Å². The molecule has 0 fully saturated rings. The van der Waals surface area contributed by atoms with Gasteiger partial charge in [-0.3, -0.25) is 9.05 Å². The van der Waals surface area contributed by atoms with Crippen LogP contribution in [0.1, 0.15) is 5.56 Å². The Morgan fingerprint density at radius 1 is 1.00 bits per heavy atom. The van der Waals surface area contributed by atoms with Crippen LogP contribution in [0.4, 0.5) is 4.79 Å². The number of hydrogen-bond acceptors (Lipinski definition) is 3. The van der Waals surface area contributed by atoms with E-state index >= 15 is 0 Å². The highest BCUT2D eigenvalue weighted by molar-refractivity contribution is 7.85. The summed E-state index contributed by atoms with van der Waals surface area (Å²) in [7, 11) is -1.12. The van der Waals surface area contributed by atoms with E-state index in [2.05, 4.69) is 10.8 Å². The molecule has 0 saturated carbocycles. The summed E-state index contributed by atoms with van der Waals surface area (Å²) in [6.07, 6.45) is 0. The molecule has 0 aliphatic rings. The van der Waals surface area contributed by atoms with Crippen molar-refractivity contribution >= 4 is 16.8 Å². The van der Waals surface area contributed by atoms with E-state index in [1.165, 1.54) is 0 Å². The van der Waals surface area contributed by atoms with Crippen LogP contribution >= 0.6 is 0 Å². The minimum absolute atomic E-state index is 0.296. The zero-order valence-electron chi connectivity index (χ0n) is 12.0. The van der Waals surface area contributed by atoms with Crippen LogP contribution in [0.15, 0.2) is 65.6 Å². The molecule has 2 rings (SSSR count). The molecule has 22 heavy (non-hydrogen) atoms. The third-order valence-corrected chi connectivity index (χ3v) is 4.20. The standard InChI is InChI=1S/C16H18N2O3S/c19-16(18-21-13-14-7-3-1-4-8-14)17-11-12-22(20)15-9-5-2-6-10-15/h1-10H,11-13H2,(H2,17,18,19)/t22-/m1/s1. The lowest BCUT2D eigenvalue weighted by atomic mass is 10.2. The predicted octanol–water partition coefficient (Wildman–Crippen LogP) is 2.23. The number of carbonyl (C=O) groups is 1. The van der Waals surface area contributed by atoms with Gasteiger partial charge in [-0.15, -0.1) is 0 Å². The fourth-order valence-electron chi connectivity index (χ4n) is 1.74. The second-order valence-electron chi connectivity index (χ2n) is 4.49. The van der Waals surface area contributed by atoms with Crippen molar-refractivity contribution < 1.29 is 13.8 Å². The van der Waals surface area contributed by atoms with Crippen LogP contribution in [-0.4, -0.2) is 22.5 Å². The van der Waals surface area contributed by atoms with Crippen molar-refractivity contribution in [3.05, 3.63) is 66.2 Å². The van der Waals surface area contributed by atoms with Crippen LogP contribution in [0.3, 0.4) is 0 Å². The average Bonchev–Trinajstić information content (AvgIpc) is 2.56. The third-order valence-electron chi connectivity index (χ3n) is 2.83. The number of carbonyl (C=O) groups excluding carboxylic acids is 1. The first kappa shape index (κ1) is 16.2. The summed E-state index contributed by atoms with van der Waals surface area (Å²) >= 11 is 0. The molecule has 0 heterocycles. The van der Waals surface area contributed by atoms with Crippen molar-refractivity contribution in [1.29, 1.82) is 0 Å². The van der Waals surface area contributed by atoms with Gasteiger partial charge in [-0.2, -0.15) is 0 Å². The molecule has 2 aromatic rings. The largest absolute Gasteiger partial charge is 0.338 e. The summed E-state index contributed by atoms with van der Waals surface area (Å²) in [4.78, 5) is 17.3. The van der Waals surface area contributed by atoms with Gasteiger partial charge in [0.2, 0.25) is 0 Å². The Bertz CT molecular complexity index is 605. The summed E-state index contributed by atoms with van der Waals surface area (Å²) in [6, 6.07) is 18.2. The van der Waals surface area contributed by atoms with Crippen molar-refractivity contribution in [3.8, 4) is 0 Å². The quantitative estimate of drug-likeness (QED) is 0.769. The normalized spacial score (nSPS) is 11.6. The number of urea groups is 1. The second kappa shape index (κ2) is 8.96. The molecule has 2 N–H and O–H groups in total. The molecule has 0 saturated heterocycles. The monoisotopic (exact) mass is 318 g/mol. The third kappa shape index (κ3) is 5.67. The number of benzene rings is 2. The molecule has 116 valence electrons. The smallest absolute Gasteiger partial charge is 0.335 e. The van der Waals surface area contributed by atoms with Crippen LogP contribution in [0, 0.1) is 0 Å². The molecule has 2 amide bonds. The van der Waals surface area contributed by atoms with Crippen LogP contribution in [0.2, 0.25) is 0 Å². The van der Waals surface area contributed by atoms with E-state index in [4.69, 9.17) is 4.84 Å². The lowest BCUT2D eigenvalue weighted by Gasteiger charge is -2.08. The minimum atomic E-state index is -1.12. The van der Waals surface area contributed by atoms with Crippen molar-refractivity contribution in [3.63, 3.8) is 0 Å². The molecular weight excluding hydrogens is 300 g/mol. The SMILES string of the molecule is O=C(NCC[S@@](=O)c1ccccc1)NOCc1ccccc1. The molecular formula is C16H18N2O3S. The second-order valence-corrected chi connectivity index (χ2v) is 6.07. The highest BCUT2D eigenvalue weighted by atomic mass is 32.2. The summed E-state index contributed by atoms with van der Waals surface area (Å²) in [5.74, 6) is 0.357. The highest BCUT2D eigenvalue weighted by Crippen LogP contribution is 2.04. The first-order valence-corrected chi connectivity index (χ1v) is 8.20. The van der Waals surface area contributed by atoms with Gasteiger partial charge in [0, 0.05) is 17.2 Å². The average molecular weight is 318 g/mol. The van der Waals surface area contributed by atoms with Crippen molar-refractivity contribution in [1.82, 2.24) is 10.8 Å². The Balaban J connectivity index is 1.61. The lowest BCUT2D eigenvalue weighted by Crippen LogP contribution is -2.37. The van der Waals surface area contributed by atoms with Gasteiger partial charge in [0.1, 0.15) is 0 Å². The Labute approximate surface area is 132 Å². The van der Waals surface area contributed by atoms with Crippen LogP contribution in [0.25, 0.3) is 0 Å². The Kier molecular flexibility index (Phi) is 6.60. The fraction of sp³-hybridized carbons (Fsp3) is 0.188. The minimum Gasteiger partial charge on any atom is -0.335 e. The number of rotatable bonds is 7. The van der Waals surface area contributed by atoms with Crippen LogP contribution in [0.5, 0.6) is 0 Å². The molecule has 0 aliphatic carbocycles. The van der Waals surface area contributed by atoms with Gasteiger partial charge >= 0.3 is 6.03 Å². The van der Waals surface area contributed by atoms with E-state index in [0.29, 0.717) is 18.9 Å². The van der Waals surface area contributed by atoms with Gasteiger partial charge < -0.3 is 5.32 Å². The first-order chi connectivity index (χ1) is 10.8. The van der Waals surface area contributed by atoms with Gasteiger partial charge in [0.25, 0.3) is 0 Å². The summed E-state index contributed by atoms with van der Waals surface area (Å²) in [5.41, 5.74) is 3.26. The molecule has 2 aromatic carbocycles. The topological polar surface area (TPSA) is 67.4 Å². The lowest BCUT2D eigenvalue weighted by molar-refractivity contribution is 0.0493. The van der Waals surface area contributed by atoms with E-state index in [0.717, 1.165) is 10.5 Å². The van der Waals surface area contributed by atoms with E-state index in [9.17, 15) is 9.00 Å². The van der Waals surface area contributed by atoms with Crippen molar-refractivity contribution in [2.75, 3.05) is 12.3 Å². The summed E-state index contributed by atoms with van der Waals surface area (Å²) < 4.78 is 11.9. The molecule has 1 atom stereocenters. The van der Waals surface area contributed by atoms with Crippen molar-refractivity contribution in [2.45, 2.75) is 11.5 Å². The fourth-order valence-corrected chi connectivity index (χ4v) is 2.73. The maximum absolute atomic E-state index is 11.9. The number of amides is 2. The predicted molar refractivity (Wildman–Crippen MR) is 85.5 cm³/mol. The Morgan fingerprint density at radius 2 is 1.64 bits per heavy atom. The molecule has 0 spiro atoms. The number of hydrogen-bond donors (Lipinski definition) is 2. The van der Waals surface area contributed by atoms with Gasteiger partial charge in [0.15, 0.2) is 0 Å².